The Labute approximate surface area is 107 Å². The van der Waals surface area contributed by atoms with Gasteiger partial charge in [0.05, 0.1) is 0 Å². The van der Waals surface area contributed by atoms with E-state index in [1.54, 1.807) is 0 Å². The maximum Gasteiger partial charge on any atom is 0.344 e. The molecular formula is C14H19NO3. The molecule has 4 nitrogen and oxygen atoms in total. The summed E-state index contributed by atoms with van der Waals surface area (Å²) in [6, 6.07) is 6.28. The summed E-state index contributed by atoms with van der Waals surface area (Å²) in [6.07, 6.45) is 1.81. The second-order valence-corrected chi connectivity index (χ2v) is 4.59. The van der Waals surface area contributed by atoms with Crippen LogP contribution in [-0.4, -0.2) is 24.2 Å². The van der Waals surface area contributed by atoms with E-state index in [2.05, 4.69) is 5.32 Å². The number of ether oxygens (including phenoxy) is 1. The average molecular weight is 249 g/mol. The van der Waals surface area contributed by atoms with Crippen LogP contribution in [0.25, 0.3) is 0 Å². The molecule has 2 N–H and O–H groups in total. The molecule has 18 heavy (non-hydrogen) atoms. The molecule has 0 spiro atoms. The molecule has 0 aliphatic heterocycles. The first kappa shape index (κ1) is 12.9. The number of hydrogen-bond acceptors (Lipinski definition) is 3. The van der Waals surface area contributed by atoms with Crippen molar-refractivity contribution in [2.75, 3.05) is 7.05 Å². The predicted octanol–water partition coefficient (Wildman–Crippen LogP) is 2.14. The van der Waals surface area contributed by atoms with Crippen LogP contribution < -0.4 is 10.1 Å². The van der Waals surface area contributed by atoms with E-state index in [0.717, 1.165) is 12.8 Å². The van der Waals surface area contributed by atoms with Gasteiger partial charge < -0.3 is 15.2 Å². The first-order valence-corrected chi connectivity index (χ1v) is 6.35. The smallest absolute Gasteiger partial charge is 0.344 e. The van der Waals surface area contributed by atoms with Crippen molar-refractivity contribution in [3.05, 3.63) is 29.3 Å². The summed E-state index contributed by atoms with van der Waals surface area (Å²) < 4.78 is 5.50. The highest BCUT2D eigenvalue weighted by atomic mass is 16.5. The van der Waals surface area contributed by atoms with E-state index in [4.69, 9.17) is 9.84 Å². The fourth-order valence-corrected chi connectivity index (χ4v) is 2.44. The van der Waals surface area contributed by atoms with Gasteiger partial charge in [0.15, 0.2) is 6.10 Å². The number of carboxylic acid groups (broad SMARTS) is 1. The van der Waals surface area contributed by atoms with Gasteiger partial charge >= 0.3 is 5.97 Å². The normalized spacial score (nSPS) is 19.3. The quantitative estimate of drug-likeness (QED) is 0.839. The fraction of sp³-hybridized carbons (Fsp3) is 0.500. The van der Waals surface area contributed by atoms with E-state index in [1.165, 1.54) is 11.1 Å². The van der Waals surface area contributed by atoms with E-state index < -0.39 is 12.1 Å². The molecule has 0 heterocycles. The summed E-state index contributed by atoms with van der Waals surface area (Å²) in [7, 11) is 1.96. The molecule has 0 radical (unpaired) electrons. The first-order chi connectivity index (χ1) is 8.65. The Kier molecular flexibility index (Phi) is 3.87. The van der Waals surface area contributed by atoms with Gasteiger partial charge in [-0.3, -0.25) is 0 Å². The molecule has 0 fully saturated rings. The molecule has 2 atom stereocenters. The first-order valence-electron chi connectivity index (χ1n) is 6.35. The molecule has 2 rings (SSSR count). The molecule has 1 aromatic rings. The van der Waals surface area contributed by atoms with Crippen molar-refractivity contribution >= 4 is 5.97 Å². The highest BCUT2D eigenvalue weighted by Crippen LogP contribution is 2.33. The van der Waals surface area contributed by atoms with Crippen LogP contribution in [0, 0.1) is 0 Å². The van der Waals surface area contributed by atoms with Crippen LogP contribution in [0.5, 0.6) is 5.75 Å². The van der Waals surface area contributed by atoms with Gasteiger partial charge in [-0.05, 0) is 49.6 Å². The van der Waals surface area contributed by atoms with E-state index in [1.807, 2.05) is 32.2 Å². The number of aryl methyl sites for hydroxylation is 1. The van der Waals surface area contributed by atoms with Gasteiger partial charge in [-0.25, -0.2) is 4.79 Å². The molecule has 2 unspecified atom stereocenters. The third kappa shape index (κ3) is 2.48. The van der Waals surface area contributed by atoms with Crippen molar-refractivity contribution in [1.29, 1.82) is 0 Å². The van der Waals surface area contributed by atoms with Gasteiger partial charge in [0.2, 0.25) is 0 Å². The molecule has 1 aliphatic rings. The second kappa shape index (κ2) is 5.40. The Bertz CT molecular complexity index is 445. The lowest BCUT2D eigenvalue weighted by Gasteiger charge is -2.15. The highest BCUT2D eigenvalue weighted by molar-refractivity contribution is 5.72. The largest absolute Gasteiger partial charge is 0.479 e. The second-order valence-electron chi connectivity index (χ2n) is 4.59. The fourth-order valence-electron chi connectivity index (χ4n) is 2.44. The number of fused-ring (bicyclic) bond motifs is 1. The maximum atomic E-state index is 10.9. The highest BCUT2D eigenvalue weighted by Gasteiger charge is 2.22. The minimum atomic E-state index is -0.911. The van der Waals surface area contributed by atoms with E-state index >= 15 is 0 Å². The predicted molar refractivity (Wildman–Crippen MR) is 68.9 cm³/mol. The number of carboxylic acids is 1. The number of carbonyl (C=O) groups is 1. The van der Waals surface area contributed by atoms with Crippen LogP contribution in [0.4, 0.5) is 0 Å². The van der Waals surface area contributed by atoms with Crippen LogP contribution in [0.3, 0.4) is 0 Å². The van der Waals surface area contributed by atoms with Crippen molar-refractivity contribution in [1.82, 2.24) is 5.32 Å². The lowest BCUT2D eigenvalue weighted by Crippen LogP contribution is -2.25. The van der Waals surface area contributed by atoms with E-state index in [0.29, 0.717) is 18.2 Å². The lowest BCUT2D eigenvalue weighted by molar-refractivity contribution is -0.145. The number of rotatable bonds is 5. The zero-order chi connectivity index (χ0) is 13.1. The van der Waals surface area contributed by atoms with Crippen LogP contribution in [0.2, 0.25) is 0 Å². The maximum absolute atomic E-state index is 10.9. The van der Waals surface area contributed by atoms with Crippen LogP contribution >= 0.6 is 0 Å². The summed E-state index contributed by atoms with van der Waals surface area (Å²) in [5.41, 5.74) is 2.56. The van der Waals surface area contributed by atoms with Crippen molar-refractivity contribution in [2.45, 2.75) is 38.3 Å². The molecule has 0 saturated carbocycles. The monoisotopic (exact) mass is 249 g/mol. The summed E-state index contributed by atoms with van der Waals surface area (Å²) in [4.78, 5) is 10.9. The van der Waals surface area contributed by atoms with Crippen LogP contribution in [0.15, 0.2) is 18.2 Å². The Hall–Kier alpha value is -1.55. The van der Waals surface area contributed by atoms with E-state index in [9.17, 15) is 4.79 Å². The third-order valence-electron chi connectivity index (χ3n) is 3.47. The standard InChI is InChI=1S/C14H19NO3/c1-3-13(14(16)17)18-10-5-6-11-9(8-10)4-7-12(11)15-2/h5-6,8,12-13,15H,3-4,7H2,1-2H3,(H,16,17). The van der Waals surface area contributed by atoms with Gasteiger partial charge in [0, 0.05) is 6.04 Å². The Morgan fingerprint density at radius 3 is 3.00 bits per heavy atom. The minimum Gasteiger partial charge on any atom is -0.479 e. The summed E-state index contributed by atoms with van der Waals surface area (Å²) in [5.74, 6) is -0.258. The molecule has 0 aromatic heterocycles. The van der Waals surface area contributed by atoms with Crippen molar-refractivity contribution in [2.24, 2.45) is 0 Å². The number of benzene rings is 1. The third-order valence-corrected chi connectivity index (χ3v) is 3.47. The number of aliphatic carboxylic acids is 1. The summed E-state index contributed by atoms with van der Waals surface area (Å²) in [5, 5.41) is 12.2. The zero-order valence-electron chi connectivity index (χ0n) is 10.8. The molecular weight excluding hydrogens is 230 g/mol. The summed E-state index contributed by atoms with van der Waals surface area (Å²) in [6.45, 7) is 1.81. The minimum absolute atomic E-state index is 0.412. The van der Waals surface area contributed by atoms with E-state index in [-0.39, 0.29) is 0 Å². The van der Waals surface area contributed by atoms with Gasteiger partial charge in [-0.1, -0.05) is 13.0 Å². The van der Waals surface area contributed by atoms with Crippen molar-refractivity contribution < 1.29 is 14.6 Å². The Balaban J connectivity index is 2.15. The molecule has 0 saturated heterocycles. The average Bonchev–Trinajstić information content (AvgIpc) is 2.77. The van der Waals surface area contributed by atoms with Crippen LogP contribution in [0.1, 0.15) is 36.9 Å². The number of hydrogen-bond donors (Lipinski definition) is 2. The molecule has 4 heteroatoms. The zero-order valence-corrected chi connectivity index (χ0v) is 10.8. The van der Waals surface area contributed by atoms with Gasteiger partial charge in [0.25, 0.3) is 0 Å². The van der Waals surface area contributed by atoms with Gasteiger partial charge in [-0.15, -0.1) is 0 Å². The lowest BCUT2D eigenvalue weighted by atomic mass is 10.1. The molecule has 0 bridgehead atoms. The van der Waals surface area contributed by atoms with Gasteiger partial charge in [0.1, 0.15) is 5.75 Å². The molecule has 1 aliphatic carbocycles. The summed E-state index contributed by atoms with van der Waals surface area (Å²) >= 11 is 0. The molecule has 98 valence electrons. The van der Waals surface area contributed by atoms with Crippen LogP contribution in [-0.2, 0) is 11.2 Å². The van der Waals surface area contributed by atoms with Crippen molar-refractivity contribution in [3.63, 3.8) is 0 Å². The Morgan fingerprint density at radius 1 is 1.61 bits per heavy atom. The molecule has 0 amide bonds. The Morgan fingerprint density at radius 2 is 2.39 bits per heavy atom. The SMILES string of the molecule is CCC(Oc1ccc2c(c1)CCC2NC)C(=O)O. The molecule has 1 aromatic carbocycles. The number of nitrogens with one attached hydrogen (secondary N) is 1. The van der Waals surface area contributed by atoms with Crippen molar-refractivity contribution in [3.8, 4) is 5.75 Å². The topological polar surface area (TPSA) is 58.6 Å². The van der Waals surface area contributed by atoms with Gasteiger partial charge in [-0.2, -0.15) is 0 Å².